The second-order valence-corrected chi connectivity index (χ2v) is 13.3. The van der Waals surface area contributed by atoms with Gasteiger partial charge in [-0.15, -0.1) is 0 Å². The van der Waals surface area contributed by atoms with Crippen molar-refractivity contribution in [3.05, 3.63) is 0 Å². The van der Waals surface area contributed by atoms with Gasteiger partial charge in [-0.1, -0.05) is 6.42 Å². The second-order valence-electron chi connectivity index (χ2n) is 13.3. The molecule has 2 saturated heterocycles. The zero-order chi connectivity index (χ0) is 26.7. The van der Waals surface area contributed by atoms with Gasteiger partial charge in [0.2, 0.25) is 0 Å². The van der Waals surface area contributed by atoms with Crippen LogP contribution in [0.1, 0.15) is 114 Å². The SMILES string of the molecule is CCOC(=O)CCCCCN(CNC1CC(C)(C)N(O)C(C)(C)C1)C1CC(C)(C)N(O)C(C)(C)C1. The lowest BCUT2D eigenvalue weighted by Gasteiger charge is -2.54. The lowest BCUT2D eigenvalue weighted by atomic mass is 9.78. The molecular formula is C27H54N4O4. The number of hydrogen-bond donors (Lipinski definition) is 3. The van der Waals surface area contributed by atoms with E-state index < -0.39 is 0 Å². The number of nitrogens with one attached hydrogen (secondary N) is 1. The quantitative estimate of drug-likeness (QED) is 0.213. The molecule has 0 amide bonds. The lowest BCUT2D eigenvalue weighted by molar-refractivity contribution is -0.253. The first kappa shape index (κ1) is 30.5. The van der Waals surface area contributed by atoms with Crippen LogP contribution in [0.2, 0.25) is 0 Å². The Labute approximate surface area is 214 Å². The fourth-order valence-electron chi connectivity index (χ4n) is 6.52. The van der Waals surface area contributed by atoms with Gasteiger partial charge < -0.3 is 20.5 Å². The molecule has 0 radical (unpaired) electrons. The van der Waals surface area contributed by atoms with E-state index in [4.69, 9.17) is 4.74 Å². The smallest absolute Gasteiger partial charge is 0.305 e. The standard InChI is InChI=1S/C27H54N4O4/c1-10-35-23(32)14-12-11-13-15-29(22-18-26(6,7)31(34)27(8,9)19-22)20-28-21-16-24(2,3)30(33)25(4,5)17-21/h21-22,28,33-34H,10-20H2,1-9H3. The van der Waals surface area contributed by atoms with Crippen LogP contribution in [-0.4, -0.2) is 85.5 Å². The number of hydrogen-bond acceptors (Lipinski definition) is 8. The molecule has 3 N–H and O–H groups in total. The fourth-order valence-corrected chi connectivity index (χ4v) is 6.52. The normalized spacial score (nSPS) is 25.1. The van der Waals surface area contributed by atoms with Gasteiger partial charge in [0.25, 0.3) is 0 Å². The Bertz CT molecular complexity index is 659. The van der Waals surface area contributed by atoms with Crippen molar-refractivity contribution < 1.29 is 19.9 Å². The molecule has 0 bridgehead atoms. The van der Waals surface area contributed by atoms with E-state index in [0.29, 0.717) is 25.1 Å². The van der Waals surface area contributed by atoms with Crippen molar-refractivity contribution in [1.29, 1.82) is 0 Å². The number of piperidine rings is 2. The minimum Gasteiger partial charge on any atom is -0.466 e. The number of esters is 1. The Morgan fingerprint density at radius 3 is 1.83 bits per heavy atom. The Morgan fingerprint density at radius 1 is 0.857 bits per heavy atom. The Balaban J connectivity index is 2.05. The topological polar surface area (TPSA) is 88.5 Å². The summed E-state index contributed by atoms with van der Waals surface area (Å²) in [5.41, 5.74) is -1.19. The first-order valence-corrected chi connectivity index (χ1v) is 13.6. The zero-order valence-electron chi connectivity index (χ0n) is 24.0. The predicted molar refractivity (Wildman–Crippen MR) is 139 cm³/mol. The summed E-state index contributed by atoms with van der Waals surface area (Å²) in [5.74, 6) is -0.106. The molecule has 0 spiro atoms. The van der Waals surface area contributed by atoms with Gasteiger partial charge in [0.1, 0.15) is 0 Å². The third-order valence-electron chi connectivity index (χ3n) is 7.99. The number of carbonyl (C=O) groups is 1. The van der Waals surface area contributed by atoms with Crippen LogP contribution < -0.4 is 5.32 Å². The van der Waals surface area contributed by atoms with Crippen LogP contribution >= 0.6 is 0 Å². The van der Waals surface area contributed by atoms with Gasteiger partial charge in [0, 0.05) is 47.3 Å². The van der Waals surface area contributed by atoms with E-state index in [2.05, 4.69) is 65.6 Å². The number of ether oxygens (including phenoxy) is 1. The number of unbranched alkanes of at least 4 members (excludes halogenated alkanes) is 2. The Kier molecular flexibility index (Phi) is 10.2. The Morgan fingerprint density at radius 2 is 1.34 bits per heavy atom. The van der Waals surface area contributed by atoms with Gasteiger partial charge in [0.15, 0.2) is 0 Å². The minimum absolute atomic E-state index is 0.106. The first-order chi connectivity index (χ1) is 16.0. The van der Waals surface area contributed by atoms with Crippen molar-refractivity contribution in [2.45, 2.75) is 148 Å². The van der Waals surface area contributed by atoms with Crippen LogP contribution in [0.5, 0.6) is 0 Å². The highest BCUT2D eigenvalue weighted by molar-refractivity contribution is 5.69. The average Bonchev–Trinajstić information content (AvgIpc) is 2.71. The highest BCUT2D eigenvalue weighted by Crippen LogP contribution is 2.39. The minimum atomic E-state index is -0.305. The van der Waals surface area contributed by atoms with E-state index in [0.717, 1.165) is 58.2 Å². The number of hydroxylamine groups is 4. The van der Waals surface area contributed by atoms with Crippen molar-refractivity contribution in [3.8, 4) is 0 Å². The first-order valence-electron chi connectivity index (χ1n) is 13.6. The summed E-state index contributed by atoms with van der Waals surface area (Å²) in [6.07, 6.45) is 6.89. The molecule has 0 aromatic heterocycles. The Hall–Kier alpha value is -0.770. The van der Waals surface area contributed by atoms with Crippen LogP contribution in [0.3, 0.4) is 0 Å². The third kappa shape index (κ3) is 8.11. The van der Waals surface area contributed by atoms with E-state index in [1.807, 2.05) is 6.92 Å². The summed E-state index contributed by atoms with van der Waals surface area (Å²) >= 11 is 0. The molecule has 0 unspecified atom stereocenters. The number of rotatable bonds is 11. The maximum Gasteiger partial charge on any atom is 0.305 e. The van der Waals surface area contributed by atoms with E-state index in [1.165, 1.54) is 5.06 Å². The molecule has 206 valence electrons. The van der Waals surface area contributed by atoms with Gasteiger partial charge >= 0.3 is 5.97 Å². The molecule has 8 heteroatoms. The van der Waals surface area contributed by atoms with Crippen LogP contribution in [0.4, 0.5) is 0 Å². The van der Waals surface area contributed by atoms with Crippen LogP contribution in [0, 0.1) is 0 Å². The predicted octanol–water partition coefficient (Wildman–Crippen LogP) is 4.78. The van der Waals surface area contributed by atoms with Crippen molar-refractivity contribution in [2.24, 2.45) is 0 Å². The van der Waals surface area contributed by atoms with Crippen molar-refractivity contribution in [3.63, 3.8) is 0 Å². The molecule has 0 aromatic rings. The van der Waals surface area contributed by atoms with E-state index in [-0.39, 0.29) is 28.1 Å². The van der Waals surface area contributed by atoms with Gasteiger partial charge in [-0.25, -0.2) is 0 Å². The van der Waals surface area contributed by atoms with Crippen molar-refractivity contribution >= 4 is 5.97 Å². The number of carbonyl (C=O) groups excluding carboxylic acids is 1. The average molecular weight is 499 g/mol. The molecule has 2 aliphatic heterocycles. The molecule has 0 aromatic carbocycles. The van der Waals surface area contributed by atoms with E-state index in [9.17, 15) is 15.2 Å². The lowest BCUT2D eigenvalue weighted by Crippen LogP contribution is -2.65. The zero-order valence-corrected chi connectivity index (χ0v) is 24.0. The van der Waals surface area contributed by atoms with E-state index >= 15 is 0 Å². The molecule has 2 fully saturated rings. The molecule has 2 heterocycles. The maximum atomic E-state index is 11.7. The number of nitrogens with zero attached hydrogens (tertiary/aromatic N) is 3. The van der Waals surface area contributed by atoms with Crippen molar-refractivity contribution in [1.82, 2.24) is 20.3 Å². The highest BCUT2D eigenvalue weighted by Gasteiger charge is 2.47. The molecule has 0 aliphatic carbocycles. The van der Waals surface area contributed by atoms with Gasteiger partial charge in [-0.2, -0.15) is 10.1 Å². The highest BCUT2D eigenvalue weighted by atomic mass is 16.5. The summed E-state index contributed by atoms with van der Waals surface area (Å²) in [4.78, 5) is 14.2. The molecule has 2 aliphatic rings. The third-order valence-corrected chi connectivity index (χ3v) is 7.99. The summed E-state index contributed by atoms with van der Waals surface area (Å²) in [6.45, 7) is 20.9. The van der Waals surface area contributed by atoms with Crippen LogP contribution in [-0.2, 0) is 9.53 Å². The maximum absolute atomic E-state index is 11.7. The van der Waals surface area contributed by atoms with Gasteiger partial charge in [0.05, 0.1) is 6.61 Å². The summed E-state index contributed by atoms with van der Waals surface area (Å²) in [6, 6.07) is 0.661. The molecule has 0 atom stereocenters. The molecule has 35 heavy (non-hydrogen) atoms. The fraction of sp³-hybridized carbons (Fsp3) is 0.963. The molecular weight excluding hydrogens is 444 g/mol. The molecule has 0 saturated carbocycles. The van der Waals surface area contributed by atoms with Crippen molar-refractivity contribution in [2.75, 3.05) is 19.8 Å². The van der Waals surface area contributed by atoms with E-state index in [1.54, 1.807) is 5.06 Å². The largest absolute Gasteiger partial charge is 0.466 e. The van der Waals surface area contributed by atoms with Crippen LogP contribution in [0.15, 0.2) is 0 Å². The molecule has 8 nitrogen and oxygen atoms in total. The summed E-state index contributed by atoms with van der Waals surface area (Å²) < 4.78 is 5.06. The second kappa shape index (κ2) is 11.7. The summed E-state index contributed by atoms with van der Waals surface area (Å²) in [5, 5.41) is 28.4. The monoisotopic (exact) mass is 498 g/mol. The van der Waals surface area contributed by atoms with Gasteiger partial charge in [-0.3, -0.25) is 9.69 Å². The summed E-state index contributed by atoms with van der Waals surface area (Å²) in [7, 11) is 0. The van der Waals surface area contributed by atoms with Gasteiger partial charge in [-0.05, 0) is 107 Å². The van der Waals surface area contributed by atoms with Crippen LogP contribution in [0.25, 0.3) is 0 Å². The molecule has 2 rings (SSSR count).